The maximum Gasteiger partial charge on any atom is 0.255 e. The number of anilines is 1. The van der Waals surface area contributed by atoms with Gasteiger partial charge in [-0.3, -0.25) is 4.79 Å². The zero-order valence-electron chi connectivity index (χ0n) is 14.4. The van der Waals surface area contributed by atoms with Crippen LogP contribution in [0.4, 0.5) is 5.82 Å². The minimum atomic E-state index is -0.152. The van der Waals surface area contributed by atoms with Gasteiger partial charge in [-0.05, 0) is 30.7 Å². The highest BCUT2D eigenvalue weighted by molar-refractivity contribution is 5.96. The van der Waals surface area contributed by atoms with E-state index in [1.165, 1.54) is 0 Å². The topological polar surface area (TPSA) is 63.7 Å². The van der Waals surface area contributed by atoms with Gasteiger partial charge in [0.05, 0.1) is 25.4 Å². The van der Waals surface area contributed by atoms with Crippen molar-refractivity contribution in [3.05, 3.63) is 53.7 Å². The SMILES string of the molecule is CCOc1ccccc1C(=O)NCc1ccc(N2CCOCC2)nc1. The lowest BCUT2D eigenvalue weighted by Gasteiger charge is -2.27. The molecule has 132 valence electrons. The first-order chi connectivity index (χ1) is 12.3. The number of hydrogen-bond acceptors (Lipinski definition) is 5. The van der Waals surface area contributed by atoms with E-state index in [0.717, 1.165) is 37.7 Å². The molecule has 0 saturated carbocycles. The fourth-order valence-electron chi connectivity index (χ4n) is 2.71. The van der Waals surface area contributed by atoms with Gasteiger partial charge < -0.3 is 19.7 Å². The highest BCUT2D eigenvalue weighted by Crippen LogP contribution is 2.18. The number of para-hydroxylation sites is 1. The van der Waals surface area contributed by atoms with Crippen LogP contribution in [-0.4, -0.2) is 43.8 Å². The molecule has 1 aromatic carbocycles. The summed E-state index contributed by atoms with van der Waals surface area (Å²) in [6, 6.07) is 11.2. The van der Waals surface area contributed by atoms with E-state index in [-0.39, 0.29) is 5.91 Å². The van der Waals surface area contributed by atoms with Gasteiger partial charge in [0.25, 0.3) is 5.91 Å². The summed E-state index contributed by atoms with van der Waals surface area (Å²) in [6.07, 6.45) is 1.81. The van der Waals surface area contributed by atoms with Crippen LogP contribution in [-0.2, 0) is 11.3 Å². The van der Waals surface area contributed by atoms with Crippen molar-refractivity contribution in [2.75, 3.05) is 37.8 Å². The number of hydrogen-bond donors (Lipinski definition) is 1. The number of nitrogens with one attached hydrogen (secondary N) is 1. The van der Waals surface area contributed by atoms with E-state index >= 15 is 0 Å². The molecule has 1 N–H and O–H groups in total. The van der Waals surface area contributed by atoms with Crippen LogP contribution in [0.3, 0.4) is 0 Å². The van der Waals surface area contributed by atoms with Crippen molar-refractivity contribution < 1.29 is 14.3 Å². The molecule has 0 aliphatic carbocycles. The number of aromatic nitrogens is 1. The van der Waals surface area contributed by atoms with Gasteiger partial charge in [-0.15, -0.1) is 0 Å². The van der Waals surface area contributed by atoms with Crippen LogP contribution < -0.4 is 15.0 Å². The summed E-state index contributed by atoms with van der Waals surface area (Å²) in [5.74, 6) is 1.39. The quantitative estimate of drug-likeness (QED) is 0.873. The molecule has 0 unspecified atom stereocenters. The predicted octanol–water partition coefficient (Wildman–Crippen LogP) is 2.25. The van der Waals surface area contributed by atoms with Crippen LogP contribution in [0.5, 0.6) is 5.75 Å². The summed E-state index contributed by atoms with van der Waals surface area (Å²) in [5, 5.41) is 2.92. The number of ether oxygens (including phenoxy) is 2. The Kier molecular flexibility index (Phi) is 5.85. The molecule has 1 aliphatic heterocycles. The molecule has 1 saturated heterocycles. The molecule has 0 atom stereocenters. The molecular formula is C19H23N3O3. The molecule has 1 fully saturated rings. The first-order valence-electron chi connectivity index (χ1n) is 8.55. The molecule has 1 amide bonds. The zero-order valence-corrected chi connectivity index (χ0v) is 14.4. The van der Waals surface area contributed by atoms with E-state index in [4.69, 9.17) is 9.47 Å². The summed E-state index contributed by atoms with van der Waals surface area (Å²) < 4.78 is 10.9. The third-order valence-corrected chi connectivity index (χ3v) is 4.03. The lowest BCUT2D eigenvalue weighted by Crippen LogP contribution is -2.36. The average Bonchev–Trinajstić information content (AvgIpc) is 2.68. The van der Waals surface area contributed by atoms with Crippen molar-refractivity contribution in [3.8, 4) is 5.75 Å². The zero-order chi connectivity index (χ0) is 17.5. The van der Waals surface area contributed by atoms with Crippen LogP contribution in [0.1, 0.15) is 22.8 Å². The largest absolute Gasteiger partial charge is 0.493 e. The predicted molar refractivity (Wildman–Crippen MR) is 96.1 cm³/mol. The van der Waals surface area contributed by atoms with Gasteiger partial charge in [-0.2, -0.15) is 0 Å². The van der Waals surface area contributed by atoms with E-state index in [2.05, 4.69) is 15.2 Å². The maximum atomic E-state index is 12.4. The van der Waals surface area contributed by atoms with Crippen molar-refractivity contribution >= 4 is 11.7 Å². The number of carbonyl (C=O) groups is 1. The Balaban J connectivity index is 1.59. The van der Waals surface area contributed by atoms with Crippen LogP contribution in [0, 0.1) is 0 Å². The number of rotatable bonds is 6. The second-order valence-electron chi connectivity index (χ2n) is 5.74. The van der Waals surface area contributed by atoms with E-state index in [1.807, 2.05) is 31.2 Å². The monoisotopic (exact) mass is 341 g/mol. The molecule has 1 aliphatic rings. The Hall–Kier alpha value is -2.60. The maximum absolute atomic E-state index is 12.4. The third-order valence-electron chi connectivity index (χ3n) is 4.03. The summed E-state index contributed by atoms with van der Waals surface area (Å²) in [4.78, 5) is 19.1. The highest BCUT2D eigenvalue weighted by atomic mass is 16.5. The molecule has 6 heteroatoms. The van der Waals surface area contributed by atoms with Gasteiger partial charge in [-0.25, -0.2) is 4.98 Å². The molecular weight excluding hydrogens is 318 g/mol. The van der Waals surface area contributed by atoms with Crippen molar-refractivity contribution in [3.63, 3.8) is 0 Å². The summed E-state index contributed by atoms with van der Waals surface area (Å²) >= 11 is 0. The van der Waals surface area contributed by atoms with Gasteiger partial charge in [-0.1, -0.05) is 18.2 Å². The first-order valence-corrected chi connectivity index (χ1v) is 8.55. The standard InChI is InChI=1S/C19H23N3O3/c1-2-25-17-6-4-3-5-16(17)19(23)21-14-15-7-8-18(20-13-15)22-9-11-24-12-10-22/h3-8,13H,2,9-12,14H2,1H3,(H,21,23). The number of pyridine rings is 1. The number of benzene rings is 1. The van der Waals surface area contributed by atoms with Gasteiger partial charge in [0.2, 0.25) is 0 Å². The van der Waals surface area contributed by atoms with Crippen molar-refractivity contribution in [2.24, 2.45) is 0 Å². The second-order valence-corrected chi connectivity index (χ2v) is 5.74. The smallest absolute Gasteiger partial charge is 0.255 e. The number of carbonyl (C=O) groups excluding carboxylic acids is 1. The summed E-state index contributed by atoms with van der Waals surface area (Å²) in [6.45, 7) is 6.04. The van der Waals surface area contributed by atoms with Crippen LogP contribution >= 0.6 is 0 Å². The minimum Gasteiger partial charge on any atom is -0.493 e. The molecule has 6 nitrogen and oxygen atoms in total. The van der Waals surface area contributed by atoms with Crippen molar-refractivity contribution in [1.29, 1.82) is 0 Å². The number of morpholine rings is 1. The normalized spacial score (nSPS) is 14.2. The minimum absolute atomic E-state index is 0.152. The lowest BCUT2D eigenvalue weighted by atomic mass is 10.2. The van der Waals surface area contributed by atoms with E-state index < -0.39 is 0 Å². The van der Waals surface area contributed by atoms with E-state index in [0.29, 0.717) is 24.5 Å². The van der Waals surface area contributed by atoms with Crippen LogP contribution in [0.2, 0.25) is 0 Å². The number of nitrogens with zero attached hydrogens (tertiary/aromatic N) is 2. The molecule has 0 bridgehead atoms. The van der Waals surface area contributed by atoms with Crippen molar-refractivity contribution in [1.82, 2.24) is 10.3 Å². The first kappa shape index (κ1) is 17.2. The number of amides is 1. The van der Waals surface area contributed by atoms with Crippen LogP contribution in [0.15, 0.2) is 42.6 Å². The third kappa shape index (κ3) is 4.48. The Morgan fingerprint density at radius 1 is 1.24 bits per heavy atom. The summed E-state index contributed by atoms with van der Waals surface area (Å²) in [7, 11) is 0. The Bertz CT molecular complexity index is 697. The van der Waals surface area contributed by atoms with Gasteiger partial charge >= 0.3 is 0 Å². The Labute approximate surface area is 147 Å². The lowest BCUT2D eigenvalue weighted by molar-refractivity contribution is 0.0947. The summed E-state index contributed by atoms with van der Waals surface area (Å²) in [5.41, 5.74) is 1.50. The van der Waals surface area contributed by atoms with Gasteiger partial charge in [0.15, 0.2) is 0 Å². The molecule has 1 aromatic heterocycles. The molecule has 25 heavy (non-hydrogen) atoms. The fourth-order valence-corrected chi connectivity index (χ4v) is 2.71. The molecule has 2 heterocycles. The molecule has 0 radical (unpaired) electrons. The van der Waals surface area contributed by atoms with Crippen molar-refractivity contribution in [2.45, 2.75) is 13.5 Å². The molecule has 2 aromatic rings. The molecule has 0 spiro atoms. The second kappa shape index (κ2) is 8.48. The average molecular weight is 341 g/mol. The fraction of sp³-hybridized carbons (Fsp3) is 0.368. The Morgan fingerprint density at radius 2 is 2.04 bits per heavy atom. The van der Waals surface area contributed by atoms with Gasteiger partial charge in [0, 0.05) is 25.8 Å². The highest BCUT2D eigenvalue weighted by Gasteiger charge is 2.13. The van der Waals surface area contributed by atoms with Gasteiger partial charge in [0.1, 0.15) is 11.6 Å². The van der Waals surface area contributed by atoms with E-state index in [1.54, 1.807) is 18.3 Å². The Morgan fingerprint density at radius 3 is 2.76 bits per heavy atom. The molecule has 3 rings (SSSR count). The van der Waals surface area contributed by atoms with E-state index in [9.17, 15) is 4.79 Å². The van der Waals surface area contributed by atoms with Crippen LogP contribution in [0.25, 0.3) is 0 Å².